The molecule has 0 N–H and O–H groups in total. The highest BCUT2D eigenvalue weighted by atomic mass is 127. The monoisotopic (exact) mass is 707 g/mol. The van der Waals surface area contributed by atoms with Gasteiger partial charge in [-0.2, -0.15) is 0 Å². The molecule has 0 spiro atoms. The summed E-state index contributed by atoms with van der Waals surface area (Å²) >= 11 is 2.45. The molecule has 1 atom stereocenters. The zero-order valence-corrected chi connectivity index (χ0v) is 29.5. The fourth-order valence-electron chi connectivity index (χ4n) is 5.91. The first-order chi connectivity index (χ1) is 21.2. The van der Waals surface area contributed by atoms with Gasteiger partial charge in [-0.25, -0.2) is 0 Å². The van der Waals surface area contributed by atoms with E-state index in [2.05, 4.69) is 114 Å². The van der Waals surface area contributed by atoms with Gasteiger partial charge in [-0.1, -0.05) is 109 Å². The van der Waals surface area contributed by atoms with E-state index in [-0.39, 0.29) is 12.0 Å². The number of hydrogen-bond donors (Lipinski definition) is 0. The van der Waals surface area contributed by atoms with E-state index in [4.69, 9.17) is 9.47 Å². The summed E-state index contributed by atoms with van der Waals surface area (Å²) in [7, 11) is 0. The average Bonchev–Trinajstić information content (AvgIpc) is 2.99. The number of alkyl halides is 1. The van der Waals surface area contributed by atoms with E-state index in [1.165, 1.54) is 51.5 Å². The molecule has 0 bridgehead atoms. The third-order valence-corrected chi connectivity index (χ3v) is 9.07. The molecule has 0 amide bonds. The topological polar surface area (TPSA) is 38.8 Å². The Kier molecular flexibility index (Phi) is 12.9. The van der Waals surface area contributed by atoms with Crippen LogP contribution in [0.4, 0.5) is 0 Å². The lowest BCUT2D eigenvalue weighted by atomic mass is 9.95. The summed E-state index contributed by atoms with van der Waals surface area (Å²) in [5.41, 5.74) is 7.98. The summed E-state index contributed by atoms with van der Waals surface area (Å²) in [6.45, 7) is 12.5. The Morgan fingerprint density at radius 1 is 0.932 bits per heavy atom. The largest absolute Gasteiger partial charge is 0.493 e. The van der Waals surface area contributed by atoms with Crippen LogP contribution >= 0.6 is 22.6 Å². The van der Waals surface area contributed by atoms with Crippen molar-refractivity contribution in [2.75, 3.05) is 17.6 Å². The number of carbonyl (C=O) groups is 1. The molecule has 4 rings (SSSR count). The molecular weight excluding hydrogens is 657 g/mol. The van der Waals surface area contributed by atoms with Crippen molar-refractivity contribution in [3.05, 3.63) is 88.5 Å². The highest BCUT2D eigenvalue weighted by Crippen LogP contribution is 2.31. The Hall–Kier alpha value is -2.64. The van der Waals surface area contributed by atoms with E-state index < -0.39 is 5.60 Å². The first kappa shape index (κ1) is 34.2. The van der Waals surface area contributed by atoms with Crippen LogP contribution in [0.3, 0.4) is 0 Å². The molecule has 1 aliphatic heterocycles. The molecule has 0 aromatic heterocycles. The van der Waals surface area contributed by atoms with E-state index in [1.807, 2.05) is 20.8 Å². The van der Waals surface area contributed by atoms with Crippen molar-refractivity contribution in [2.45, 2.75) is 97.8 Å². The molecule has 1 fully saturated rings. The van der Waals surface area contributed by atoms with Crippen molar-refractivity contribution in [2.24, 2.45) is 0 Å². The standard InChI is InChI=1S/C39H50INO3/c1-29-26-34(28-41-24-13-11-20-36(41)38(42)44-39(3,4)5)37(43-25-14-7-6-12-23-40)27-33(29)22-21-31-18-15-19-35(30(31)2)32-16-9-8-10-17-32/h8-10,15-19,21-22,26-27,36H,6-7,11-14,20,23-25,28H2,1-5H3/b22-21+/t36-/m0/s1. The molecule has 0 unspecified atom stereocenters. The first-order valence-electron chi connectivity index (χ1n) is 16.3. The number of nitrogens with zero attached hydrogens (tertiary/aromatic N) is 1. The van der Waals surface area contributed by atoms with Gasteiger partial charge in [-0.05, 0) is 111 Å². The van der Waals surface area contributed by atoms with Crippen LogP contribution in [-0.4, -0.2) is 40.1 Å². The number of piperidine rings is 1. The van der Waals surface area contributed by atoms with Gasteiger partial charge in [-0.3, -0.25) is 9.69 Å². The number of ether oxygens (including phenoxy) is 2. The predicted molar refractivity (Wildman–Crippen MR) is 193 cm³/mol. The van der Waals surface area contributed by atoms with E-state index in [0.717, 1.165) is 49.1 Å². The van der Waals surface area contributed by atoms with Crippen LogP contribution in [0.5, 0.6) is 5.75 Å². The smallest absolute Gasteiger partial charge is 0.323 e. The Morgan fingerprint density at radius 3 is 2.43 bits per heavy atom. The van der Waals surface area contributed by atoms with Gasteiger partial charge in [0.2, 0.25) is 0 Å². The molecule has 0 saturated carbocycles. The van der Waals surface area contributed by atoms with Crippen molar-refractivity contribution in [3.63, 3.8) is 0 Å². The molecule has 1 aliphatic rings. The van der Waals surface area contributed by atoms with Crippen molar-refractivity contribution in [3.8, 4) is 16.9 Å². The van der Waals surface area contributed by atoms with Gasteiger partial charge in [-0.15, -0.1) is 0 Å². The maximum absolute atomic E-state index is 13.2. The number of halogens is 1. The number of esters is 1. The summed E-state index contributed by atoms with van der Waals surface area (Å²) in [4.78, 5) is 15.5. The van der Waals surface area contributed by atoms with Crippen molar-refractivity contribution in [1.29, 1.82) is 0 Å². The Bertz CT molecular complexity index is 1390. The van der Waals surface area contributed by atoms with Gasteiger partial charge in [0.05, 0.1) is 6.61 Å². The van der Waals surface area contributed by atoms with Crippen molar-refractivity contribution >= 4 is 40.7 Å². The summed E-state index contributed by atoms with van der Waals surface area (Å²) in [6, 6.07) is 21.3. The fourth-order valence-corrected chi connectivity index (χ4v) is 6.45. The normalized spacial score (nSPS) is 15.9. The number of aryl methyl sites for hydroxylation is 1. The van der Waals surface area contributed by atoms with Gasteiger partial charge in [0.1, 0.15) is 17.4 Å². The van der Waals surface area contributed by atoms with Gasteiger partial charge in [0.25, 0.3) is 0 Å². The average molecular weight is 708 g/mol. The van der Waals surface area contributed by atoms with Gasteiger partial charge in [0.15, 0.2) is 0 Å². The Labute approximate surface area is 279 Å². The first-order valence-corrected chi connectivity index (χ1v) is 17.8. The third kappa shape index (κ3) is 9.93. The van der Waals surface area contributed by atoms with E-state index in [9.17, 15) is 4.79 Å². The zero-order valence-electron chi connectivity index (χ0n) is 27.3. The molecule has 4 nitrogen and oxygen atoms in total. The lowest BCUT2D eigenvalue weighted by Crippen LogP contribution is -2.46. The molecule has 5 heteroatoms. The van der Waals surface area contributed by atoms with Crippen LogP contribution in [0, 0.1) is 13.8 Å². The van der Waals surface area contributed by atoms with Crippen molar-refractivity contribution < 1.29 is 14.3 Å². The molecule has 44 heavy (non-hydrogen) atoms. The van der Waals surface area contributed by atoms with Crippen LogP contribution in [-0.2, 0) is 16.1 Å². The summed E-state index contributed by atoms with van der Waals surface area (Å²) < 4.78 is 13.5. The van der Waals surface area contributed by atoms with Gasteiger partial charge in [0, 0.05) is 12.1 Å². The lowest BCUT2D eigenvalue weighted by molar-refractivity contribution is -0.163. The molecule has 3 aromatic rings. The lowest BCUT2D eigenvalue weighted by Gasteiger charge is -2.36. The van der Waals surface area contributed by atoms with Crippen molar-refractivity contribution in [1.82, 2.24) is 4.90 Å². The van der Waals surface area contributed by atoms with Crippen LogP contribution in [0.1, 0.15) is 93.5 Å². The van der Waals surface area contributed by atoms with Crippen LogP contribution in [0.25, 0.3) is 23.3 Å². The zero-order chi connectivity index (χ0) is 31.5. The molecule has 0 aliphatic carbocycles. The second-order valence-electron chi connectivity index (χ2n) is 13.0. The summed E-state index contributed by atoms with van der Waals surface area (Å²) in [6.07, 6.45) is 12.1. The number of hydrogen-bond acceptors (Lipinski definition) is 4. The number of rotatable bonds is 13. The SMILES string of the molecule is Cc1cc(CN2CCCC[C@H]2C(=O)OC(C)(C)C)c(OCCCCCCI)cc1/C=C/c1cccc(-c2ccccc2)c1C. The Morgan fingerprint density at radius 2 is 1.68 bits per heavy atom. The number of unbranched alkanes of at least 4 members (excludes halogenated alkanes) is 3. The van der Waals surface area contributed by atoms with E-state index in [1.54, 1.807) is 0 Å². The molecule has 1 heterocycles. The summed E-state index contributed by atoms with van der Waals surface area (Å²) in [5.74, 6) is 0.812. The molecule has 0 radical (unpaired) electrons. The minimum atomic E-state index is -0.491. The van der Waals surface area contributed by atoms with Crippen LogP contribution in [0.2, 0.25) is 0 Å². The van der Waals surface area contributed by atoms with Gasteiger partial charge < -0.3 is 9.47 Å². The van der Waals surface area contributed by atoms with Crippen LogP contribution in [0.15, 0.2) is 60.7 Å². The quantitative estimate of drug-likeness (QED) is 0.0583. The second-order valence-corrected chi connectivity index (χ2v) is 14.1. The number of likely N-dealkylation sites (tertiary alicyclic amines) is 1. The highest BCUT2D eigenvalue weighted by molar-refractivity contribution is 14.1. The minimum absolute atomic E-state index is 0.112. The van der Waals surface area contributed by atoms with E-state index >= 15 is 0 Å². The molecule has 1 saturated heterocycles. The van der Waals surface area contributed by atoms with Gasteiger partial charge >= 0.3 is 5.97 Å². The highest BCUT2D eigenvalue weighted by Gasteiger charge is 2.33. The summed E-state index contributed by atoms with van der Waals surface area (Å²) in [5, 5.41) is 0. The second kappa shape index (κ2) is 16.6. The fraction of sp³-hybridized carbons (Fsp3) is 0.462. The predicted octanol–water partition coefficient (Wildman–Crippen LogP) is 10.2. The molecule has 3 aromatic carbocycles. The molecule has 236 valence electrons. The minimum Gasteiger partial charge on any atom is -0.493 e. The number of benzene rings is 3. The van der Waals surface area contributed by atoms with E-state index in [0.29, 0.717) is 13.2 Å². The molecular formula is C39H50INO3. The number of carbonyl (C=O) groups excluding carboxylic acids is 1. The van der Waals surface area contributed by atoms with Crippen LogP contribution < -0.4 is 4.74 Å². The maximum Gasteiger partial charge on any atom is 0.323 e. The Balaban J connectivity index is 1.59. The third-order valence-electron chi connectivity index (χ3n) is 8.30. The maximum atomic E-state index is 13.2.